The molecular formula is C16H21NO3S. The second-order valence-electron chi connectivity index (χ2n) is 5.31. The van der Waals surface area contributed by atoms with Gasteiger partial charge in [0.05, 0.1) is 19.4 Å². The van der Waals surface area contributed by atoms with E-state index in [1.807, 2.05) is 23.6 Å². The molecule has 0 saturated heterocycles. The van der Waals surface area contributed by atoms with Crippen molar-refractivity contribution in [2.45, 2.75) is 32.8 Å². The van der Waals surface area contributed by atoms with Crippen LogP contribution in [0.1, 0.15) is 32.9 Å². The summed E-state index contributed by atoms with van der Waals surface area (Å²) in [6.45, 7) is 6.19. The Hall–Kier alpha value is -1.59. The number of hydrogen-bond acceptors (Lipinski definition) is 5. The lowest BCUT2D eigenvalue weighted by molar-refractivity contribution is 0.0746. The molecule has 21 heavy (non-hydrogen) atoms. The van der Waals surface area contributed by atoms with E-state index in [9.17, 15) is 5.11 Å². The number of ether oxygens (including phenoxy) is 2. The van der Waals surface area contributed by atoms with Crippen molar-refractivity contribution in [3.8, 4) is 22.1 Å². The van der Waals surface area contributed by atoms with Crippen LogP contribution in [0.4, 0.5) is 0 Å². The van der Waals surface area contributed by atoms with Crippen molar-refractivity contribution in [3.05, 3.63) is 29.3 Å². The Morgan fingerprint density at radius 2 is 2.05 bits per heavy atom. The highest BCUT2D eigenvalue weighted by Gasteiger charge is 2.20. The van der Waals surface area contributed by atoms with Crippen LogP contribution in [-0.2, 0) is 5.60 Å². The van der Waals surface area contributed by atoms with Crippen LogP contribution < -0.4 is 9.47 Å². The molecule has 114 valence electrons. The van der Waals surface area contributed by atoms with Crippen LogP contribution in [0.2, 0.25) is 0 Å². The first-order valence-electron chi connectivity index (χ1n) is 6.95. The minimum atomic E-state index is -0.928. The molecule has 2 rings (SSSR count). The summed E-state index contributed by atoms with van der Waals surface area (Å²) in [7, 11) is 1.63. The van der Waals surface area contributed by atoms with Gasteiger partial charge in [-0.15, -0.1) is 11.3 Å². The first-order chi connectivity index (χ1) is 9.95. The number of hydrogen-bond donors (Lipinski definition) is 1. The average Bonchev–Trinajstić information content (AvgIpc) is 2.94. The molecule has 1 aromatic carbocycles. The monoisotopic (exact) mass is 307 g/mol. The minimum Gasteiger partial charge on any atom is -0.493 e. The van der Waals surface area contributed by atoms with Gasteiger partial charge < -0.3 is 14.6 Å². The highest BCUT2D eigenvalue weighted by Crippen LogP contribution is 2.35. The molecule has 1 N–H and O–H groups in total. The predicted octanol–water partition coefficient (Wildman–Crippen LogP) is 3.83. The second-order valence-corrected chi connectivity index (χ2v) is 6.17. The minimum absolute atomic E-state index is 0.663. The van der Waals surface area contributed by atoms with E-state index in [0.717, 1.165) is 22.7 Å². The molecule has 0 aliphatic carbocycles. The normalized spacial score (nSPS) is 11.5. The van der Waals surface area contributed by atoms with E-state index in [0.29, 0.717) is 18.1 Å². The highest BCUT2D eigenvalue weighted by atomic mass is 32.1. The number of methoxy groups -OCH3 is 1. The third-order valence-corrected chi connectivity index (χ3v) is 3.89. The van der Waals surface area contributed by atoms with Gasteiger partial charge in [0.2, 0.25) is 0 Å². The van der Waals surface area contributed by atoms with Gasteiger partial charge in [0, 0.05) is 10.9 Å². The second kappa shape index (κ2) is 6.45. The fourth-order valence-electron chi connectivity index (χ4n) is 1.82. The van der Waals surface area contributed by atoms with Gasteiger partial charge in [-0.1, -0.05) is 6.92 Å². The predicted molar refractivity (Wildman–Crippen MR) is 85.1 cm³/mol. The van der Waals surface area contributed by atoms with Crippen LogP contribution in [0.3, 0.4) is 0 Å². The summed E-state index contributed by atoms with van der Waals surface area (Å²) in [4.78, 5) is 4.49. The van der Waals surface area contributed by atoms with Crippen LogP contribution in [0.5, 0.6) is 11.5 Å². The largest absolute Gasteiger partial charge is 0.493 e. The van der Waals surface area contributed by atoms with E-state index in [1.54, 1.807) is 21.0 Å². The van der Waals surface area contributed by atoms with E-state index in [4.69, 9.17) is 9.47 Å². The van der Waals surface area contributed by atoms with Gasteiger partial charge >= 0.3 is 0 Å². The number of aliphatic hydroxyl groups is 1. The van der Waals surface area contributed by atoms with Crippen molar-refractivity contribution in [3.63, 3.8) is 0 Å². The lowest BCUT2D eigenvalue weighted by Crippen LogP contribution is -2.15. The van der Waals surface area contributed by atoms with Gasteiger partial charge in [-0.05, 0) is 38.5 Å². The number of aromatic nitrogens is 1. The molecule has 0 amide bonds. The molecule has 1 aromatic heterocycles. The van der Waals surface area contributed by atoms with Gasteiger partial charge in [-0.25, -0.2) is 4.98 Å². The molecule has 0 saturated carbocycles. The summed E-state index contributed by atoms with van der Waals surface area (Å²) in [5, 5.41) is 12.7. The van der Waals surface area contributed by atoms with Gasteiger partial charge in [0.1, 0.15) is 10.6 Å². The maximum atomic E-state index is 9.99. The van der Waals surface area contributed by atoms with E-state index in [2.05, 4.69) is 11.9 Å². The molecule has 0 spiro atoms. The molecule has 0 unspecified atom stereocenters. The maximum Gasteiger partial charge on any atom is 0.161 e. The first-order valence-corrected chi connectivity index (χ1v) is 7.83. The molecule has 0 aliphatic heterocycles. The Balaban J connectivity index is 2.30. The van der Waals surface area contributed by atoms with E-state index < -0.39 is 5.60 Å². The Bertz CT molecular complexity index is 602. The number of benzene rings is 1. The number of thiazole rings is 1. The SMILES string of the molecule is CCCOc1ccc(-c2nc(C(C)(C)O)cs2)cc1OC. The van der Waals surface area contributed by atoms with Crippen molar-refractivity contribution >= 4 is 11.3 Å². The lowest BCUT2D eigenvalue weighted by atomic mass is 10.1. The number of nitrogens with zero attached hydrogens (tertiary/aromatic N) is 1. The zero-order valence-electron chi connectivity index (χ0n) is 12.8. The Kier molecular flexibility index (Phi) is 4.85. The lowest BCUT2D eigenvalue weighted by Gasteiger charge is -2.13. The standard InChI is InChI=1S/C16H21NO3S/c1-5-8-20-12-7-6-11(9-13(12)19-4)15-17-14(10-21-15)16(2,3)18/h6-7,9-10,18H,5,8H2,1-4H3. The van der Waals surface area contributed by atoms with Crippen LogP contribution in [0.25, 0.3) is 10.6 Å². The molecule has 0 bridgehead atoms. The molecule has 4 nitrogen and oxygen atoms in total. The van der Waals surface area contributed by atoms with Crippen LogP contribution in [0.15, 0.2) is 23.6 Å². The molecule has 5 heteroatoms. The summed E-state index contributed by atoms with van der Waals surface area (Å²) < 4.78 is 11.0. The molecule has 0 aliphatic rings. The van der Waals surface area contributed by atoms with Crippen molar-refractivity contribution in [1.29, 1.82) is 0 Å². The Labute approximate surface area is 129 Å². The van der Waals surface area contributed by atoms with Crippen LogP contribution >= 0.6 is 11.3 Å². The Morgan fingerprint density at radius 1 is 1.29 bits per heavy atom. The molecule has 0 radical (unpaired) electrons. The molecular weight excluding hydrogens is 286 g/mol. The topological polar surface area (TPSA) is 51.6 Å². The van der Waals surface area contributed by atoms with E-state index in [1.165, 1.54) is 11.3 Å². The third-order valence-electron chi connectivity index (χ3n) is 3.00. The molecule has 2 aromatic rings. The van der Waals surface area contributed by atoms with Crippen LogP contribution in [0, 0.1) is 0 Å². The average molecular weight is 307 g/mol. The number of rotatable bonds is 6. The fourth-order valence-corrected chi connectivity index (χ4v) is 2.80. The molecule has 1 heterocycles. The summed E-state index contributed by atoms with van der Waals surface area (Å²) in [6, 6.07) is 5.77. The quantitative estimate of drug-likeness (QED) is 0.881. The van der Waals surface area contributed by atoms with E-state index >= 15 is 0 Å². The van der Waals surface area contributed by atoms with Gasteiger partial charge in [0.15, 0.2) is 11.5 Å². The summed E-state index contributed by atoms with van der Waals surface area (Å²) in [5.41, 5.74) is 0.701. The fraction of sp³-hybridized carbons (Fsp3) is 0.438. The Morgan fingerprint density at radius 3 is 2.62 bits per heavy atom. The maximum absolute atomic E-state index is 9.99. The van der Waals surface area contributed by atoms with Gasteiger partial charge in [-0.3, -0.25) is 0 Å². The molecule has 0 atom stereocenters. The van der Waals surface area contributed by atoms with E-state index in [-0.39, 0.29) is 0 Å². The highest BCUT2D eigenvalue weighted by molar-refractivity contribution is 7.13. The first kappa shape index (κ1) is 15.8. The smallest absolute Gasteiger partial charge is 0.161 e. The summed E-state index contributed by atoms with van der Waals surface area (Å²) in [5.74, 6) is 1.43. The summed E-state index contributed by atoms with van der Waals surface area (Å²) >= 11 is 1.50. The van der Waals surface area contributed by atoms with Crippen LogP contribution in [-0.4, -0.2) is 23.8 Å². The van der Waals surface area contributed by atoms with Crippen molar-refractivity contribution in [1.82, 2.24) is 4.98 Å². The third kappa shape index (κ3) is 3.74. The van der Waals surface area contributed by atoms with Gasteiger partial charge in [-0.2, -0.15) is 0 Å². The van der Waals surface area contributed by atoms with Crippen molar-refractivity contribution in [2.75, 3.05) is 13.7 Å². The van der Waals surface area contributed by atoms with Crippen molar-refractivity contribution < 1.29 is 14.6 Å². The zero-order chi connectivity index (χ0) is 15.5. The van der Waals surface area contributed by atoms with Gasteiger partial charge in [0.25, 0.3) is 0 Å². The summed E-state index contributed by atoms with van der Waals surface area (Å²) in [6.07, 6.45) is 0.951. The van der Waals surface area contributed by atoms with Crippen molar-refractivity contribution in [2.24, 2.45) is 0 Å². The molecule has 0 fully saturated rings. The zero-order valence-corrected chi connectivity index (χ0v) is 13.7.